The highest BCUT2D eigenvalue weighted by Crippen LogP contribution is 2.22. The lowest BCUT2D eigenvalue weighted by Crippen LogP contribution is -2.49. The number of rotatable bonds is 7. The van der Waals surface area contributed by atoms with Crippen molar-refractivity contribution >= 4 is 29.2 Å². The van der Waals surface area contributed by atoms with E-state index in [9.17, 15) is 9.59 Å². The van der Waals surface area contributed by atoms with E-state index >= 15 is 0 Å². The molecule has 0 unspecified atom stereocenters. The Morgan fingerprint density at radius 3 is 2.31 bits per heavy atom. The van der Waals surface area contributed by atoms with Gasteiger partial charge in [0.25, 0.3) is 5.91 Å². The minimum Gasteiger partial charge on any atom is -0.352 e. The number of benzene rings is 3. The molecule has 6 heteroatoms. The Balaban J connectivity index is 1.34. The highest BCUT2D eigenvalue weighted by Gasteiger charge is 2.26. The fourth-order valence-electron chi connectivity index (χ4n) is 3.84. The van der Waals surface area contributed by atoms with Gasteiger partial charge in [-0.05, 0) is 60.4 Å². The van der Waals surface area contributed by atoms with E-state index in [1.807, 2.05) is 71.6 Å². The van der Waals surface area contributed by atoms with E-state index in [1.54, 1.807) is 17.0 Å². The first-order valence-electron chi connectivity index (χ1n) is 10.8. The van der Waals surface area contributed by atoms with Crippen LogP contribution in [0.4, 0.5) is 10.5 Å². The Kier molecular flexibility index (Phi) is 7.07. The van der Waals surface area contributed by atoms with Crippen molar-refractivity contribution in [3.05, 3.63) is 101 Å². The van der Waals surface area contributed by atoms with Crippen molar-refractivity contribution in [1.82, 2.24) is 10.2 Å². The van der Waals surface area contributed by atoms with Crippen LogP contribution in [-0.4, -0.2) is 36.5 Å². The van der Waals surface area contributed by atoms with E-state index in [-0.39, 0.29) is 11.9 Å². The van der Waals surface area contributed by atoms with Crippen LogP contribution in [0.25, 0.3) is 0 Å². The second-order valence-corrected chi connectivity index (χ2v) is 8.31. The molecule has 1 aliphatic rings. The molecule has 1 N–H and O–H groups in total. The molecule has 0 spiro atoms. The first kappa shape index (κ1) is 21.9. The highest BCUT2D eigenvalue weighted by atomic mass is 35.5. The van der Waals surface area contributed by atoms with Crippen molar-refractivity contribution < 1.29 is 9.59 Å². The molecule has 1 aliphatic heterocycles. The van der Waals surface area contributed by atoms with Gasteiger partial charge >= 0.3 is 6.03 Å². The topological polar surface area (TPSA) is 52.7 Å². The summed E-state index contributed by atoms with van der Waals surface area (Å²) >= 11 is 5.96. The summed E-state index contributed by atoms with van der Waals surface area (Å²) in [6, 6.07) is 24.9. The lowest BCUT2D eigenvalue weighted by molar-refractivity contribution is 0.0954. The van der Waals surface area contributed by atoms with Crippen molar-refractivity contribution in [3.8, 4) is 0 Å². The molecule has 1 fully saturated rings. The van der Waals surface area contributed by atoms with Gasteiger partial charge < -0.3 is 10.2 Å². The number of halogens is 1. The molecule has 0 aliphatic carbocycles. The van der Waals surface area contributed by atoms with Gasteiger partial charge in [0.2, 0.25) is 0 Å². The van der Waals surface area contributed by atoms with Crippen molar-refractivity contribution in [1.29, 1.82) is 0 Å². The second kappa shape index (κ2) is 10.3. The van der Waals surface area contributed by atoms with Crippen LogP contribution in [0.3, 0.4) is 0 Å². The third-order valence-corrected chi connectivity index (χ3v) is 5.83. The molecule has 0 bridgehead atoms. The van der Waals surface area contributed by atoms with Crippen LogP contribution in [0, 0.1) is 0 Å². The first-order chi connectivity index (χ1) is 15.6. The van der Waals surface area contributed by atoms with Crippen molar-refractivity contribution in [2.24, 2.45) is 0 Å². The molecule has 3 aromatic rings. The van der Waals surface area contributed by atoms with Crippen molar-refractivity contribution in [3.63, 3.8) is 0 Å². The zero-order chi connectivity index (χ0) is 22.3. The van der Waals surface area contributed by atoms with E-state index in [0.717, 1.165) is 30.6 Å². The standard InChI is InChI=1S/C26H26ClN3O2/c27-23-11-7-21(8-12-23)19-29-17-4-18-30(26(29)32)24-13-9-22(10-14-24)25(31)28-16-15-20-5-2-1-3-6-20/h1-3,5-14H,4,15-19H2,(H,28,31). The molecule has 164 valence electrons. The first-order valence-corrected chi connectivity index (χ1v) is 11.2. The van der Waals surface area contributed by atoms with E-state index < -0.39 is 0 Å². The number of anilines is 1. The zero-order valence-corrected chi connectivity index (χ0v) is 18.6. The van der Waals surface area contributed by atoms with Crippen molar-refractivity contribution in [2.75, 3.05) is 24.5 Å². The zero-order valence-electron chi connectivity index (χ0n) is 17.8. The van der Waals surface area contributed by atoms with Gasteiger partial charge in [0.1, 0.15) is 0 Å². The quantitative estimate of drug-likeness (QED) is 0.545. The van der Waals surface area contributed by atoms with Gasteiger partial charge in [-0.3, -0.25) is 9.69 Å². The summed E-state index contributed by atoms with van der Waals surface area (Å²) in [4.78, 5) is 29.1. The van der Waals surface area contributed by atoms with E-state index in [0.29, 0.717) is 30.2 Å². The minimum absolute atomic E-state index is 0.0220. The SMILES string of the molecule is O=C(NCCc1ccccc1)c1ccc(N2CCCN(Cc3ccc(Cl)cc3)C2=O)cc1. The Bertz CT molecular complexity index is 1050. The average Bonchev–Trinajstić information content (AvgIpc) is 2.82. The number of nitrogens with one attached hydrogen (secondary N) is 1. The maximum Gasteiger partial charge on any atom is 0.324 e. The third kappa shape index (κ3) is 5.48. The number of carbonyl (C=O) groups is 2. The molecule has 4 rings (SSSR count). The Labute approximate surface area is 193 Å². The molecule has 3 amide bonds. The molecule has 1 heterocycles. The molecule has 32 heavy (non-hydrogen) atoms. The number of hydrogen-bond acceptors (Lipinski definition) is 2. The molecule has 3 aromatic carbocycles. The van der Waals surface area contributed by atoms with Gasteiger partial charge in [0.05, 0.1) is 0 Å². The van der Waals surface area contributed by atoms with Crippen LogP contribution in [0.1, 0.15) is 27.9 Å². The van der Waals surface area contributed by atoms with Gasteiger partial charge in [-0.25, -0.2) is 4.79 Å². The monoisotopic (exact) mass is 447 g/mol. The number of hydrogen-bond donors (Lipinski definition) is 1. The lowest BCUT2D eigenvalue weighted by atomic mass is 10.1. The smallest absolute Gasteiger partial charge is 0.324 e. The predicted molar refractivity (Wildman–Crippen MR) is 128 cm³/mol. The van der Waals surface area contributed by atoms with Crippen LogP contribution in [0.5, 0.6) is 0 Å². The molecule has 0 aromatic heterocycles. The molecule has 1 saturated heterocycles. The molecular weight excluding hydrogens is 422 g/mol. The lowest BCUT2D eigenvalue weighted by Gasteiger charge is -2.35. The predicted octanol–water partition coefficient (Wildman–Crippen LogP) is 5.14. The van der Waals surface area contributed by atoms with Gasteiger partial charge in [-0.1, -0.05) is 54.1 Å². The van der Waals surface area contributed by atoms with Crippen molar-refractivity contribution in [2.45, 2.75) is 19.4 Å². The average molecular weight is 448 g/mol. The maximum absolute atomic E-state index is 13.0. The Morgan fingerprint density at radius 1 is 0.875 bits per heavy atom. The molecule has 0 saturated carbocycles. The highest BCUT2D eigenvalue weighted by molar-refractivity contribution is 6.30. The maximum atomic E-state index is 13.0. The van der Waals surface area contributed by atoms with Crippen LogP contribution in [0.15, 0.2) is 78.9 Å². The summed E-state index contributed by atoms with van der Waals surface area (Å²) in [5.41, 5.74) is 3.63. The third-order valence-electron chi connectivity index (χ3n) is 5.58. The second-order valence-electron chi connectivity index (χ2n) is 7.87. The van der Waals surface area contributed by atoms with Gasteiger partial charge in [0.15, 0.2) is 0 Å². The molecule has 0 atom stereocenters. The molecular formula is C26H26ClN3O2. The summed E-state index contributed by atoms with van der Waals surface area (Å²) in [5.74, 6) is -0.109. The van der Waals surface area contributed by atoms with Crippen LogP contribution in [0.2, 0.25) is 5.02 Å². The minimum atomic E-state index is -0.109. The number of amides is 3. The van der Waals surface area contributed by atoms with Gasteiger partial charge in [-0.15, -0.1) is 0 Å². The fourth-order valence-corrected chi connectivity index (χ4v) is 3.96. The summed E-state index contributed by atoms with van der Waals surface area (Å²) in [6.45, 7) is 2.52. The number of urea groups is 1. The van der Waals surface area contributed by atoms with E-state index in [4.69, 9.17) is 11.6 Å². The van der Waals surface area contributed by atoms with Crippen LogP contribution < -0.4 is 10.2 Å². The van der Waals surface area contributed by atoms with Gasteiger partial charge in [0, 0.05) is 42.5 Å². The molecule has 0 radical (unpaired) electrons. The summed E-state index contributed by atoms with van der Waals surface area (Å²) < 4.78 is 0. The number of nitrogens with zero attached hydrogens (tertiary/aromatic N) is 2. The molecule has 5 nitrogen and oxygen atoms in total. The normalized spacial score (nSPS) is 13.8. The summed E-state index contributed by atoms with van der Waals surface area (Å²) in [6.07, 6.45) is 1.68. The summed E-state index contributed by atoms with van der Waals surface area (Å²) in [7, 11) is 0. The van der Waals surface area contributed by atoms with Gasteiger partial charge in [-0.2, -0.15) is 0 Å². The van der Waals surface area contributed by atoms with Crippen LogP contribution >= 0.6 is 11.6 Å². The number of carbonyl (C=O) groups excluding carboxylic acids is 2. The van der Waals surface area contributed by atoms with Crippen LogP contribution in [-0.2, 0) is 13.0 Å². The largest absolute Gasteiger partial charge is 0.352 e. The summed E-state index contributed by atoms with van der Waals surface area (Å²) in [5, 5.41) is 3.64. The Hall–Kier alpha value is -3.31. The van der Waals surface area contributed by atoms with E-state index in [2.05, 4.69) is 5.32 Å². The van der Waals surface area contributed by atoms with E-state index in [1.165, 1.54) is 5.56 Å². The Morgan fingerprint density at radius 2 is 1.59 bits per heavy atom. The fraction of sp³-hybridized carbons (Fsp3) is 0.231.